The van der Waals surface area contributed by atoms with E-state index >= 15 is 0 Å². The lowest BCUT2D eigenvalue weighted by molar-refractivity contribution is 0.391. The van der Waals surface area contributed by atoms with Crippen LogP contribution in [0, 0.1) is 0 Å². The molecule has 16 heavy (non-hydrogen) atoms. The largest absolute Gasteiger partial charge is 0.285 e. The Labute approximate surface area is 98.9 Å². The summed E-state index contributed by atoms with van der Waals surface area (Å²) in [6, 6.07) is 0. The van der Waals surface area contributed by atoms with Gasteiger partial charge in [-0.05, 0) is 27.7 Å². The molecule has 8 heteroatoms. The summed E-state index contributed by atoms with van der Waals surface area (Å²) in [5, 5.41) is -1.11. The molecular formula is C8H22O6S2. The first-order valence-electron chi connectivity index (χ1n) is 4.20. The van der Waals surface area contributed by atoms with Gasteiger partial charge in [-0.25, -0.2) is 0 Å². The van der Waals surface area contributed by atoms with Crippen LogP contribution in [0.4, 0.5) is 0 Å². The molecule has 0 rings (SSSR count). The van der Waals surface area contributed by atoms with Gasteiger partial charge in [0, 0.05) is 0 Å². The summed E-state index contributed by atoms with van der Waals surface area (Å²) in [4.78, 5) is 0. The maximum absolute atomic E-state index is 10.5. The van der Waals surface area contributed by atoms with Crippen molar-refractivity contribution in [1.29, 1.82) is 0 Å². The molecule has 6 nitrogen and oxygen atoms in total. The summed E-state index contributed by atoms with van der Waals surface area (Å²) in [5.74, 6) is 0. The van der Waals surface area contributed by atoms with E-state index in [2.05, 4.69) is 4.18 Å². The Morgan fingerprint density at radius 1 is 0.938 bits per heavy atom. The molecule has 0 spiro atoms. The maximum Gasteiger partial charge on any atom is 0.269 e. The van der Waals surface area contributed by atoms with Crippen molar-refractivity contribution >= 4 is 20.2 Å². The van der Waals surface area contributed by atoms with Crippen molar-refractivity contribution in [3.8, 4) is 0 Å². The molecule has 0 heterocycles. The van der Waals surface area contributed by atoms with Gasteiger partial charge >= 0.3 is 0 Å². The van der Waals surface area contributed by atoms with E-state index in [-0.39, 0.29) is 7.43 Å². The summed E-state index contributed by atoms with van der Waals surface area (Å²) >= 11 is 0. The zero-order chi connectivity index (χ0) is 12.9. The summed E-state index contributed by atoms with van der Waals surface area (Å²) < 4.78 is 53.0. The molecule has 0 aromatic carbocycles. The van der Waals surface area contributed by atoms with Gasteiger partial charge < -0.3 is 0 Å². The van der Waals surface area contributed by atoms with Gasteiger partial charge in [-0.15, -0.1) is 0 Å². The molecule has 0 radical (unpaired) electrons. The molecule has 0 fully saturated rings. The van der Waals surface area contributed by atoms with E-state index in [1.54, 1.807) is 13.8 Å². The third-order valence-corrected chi connectivity index (χ3v) is 4.22. The highest BCUT2D eigenvalue weighted by Gasteiger charge is 2.12. The Morgan fingerprint density at radius 3 is 1.19 bits per heavy atom. The lowest BCUT2D eigenvalue weighted by Gasteiger charge is -2.01. The average molecular weight is 278 g/mol. The van der Waals surface area contributed by atoms with Crippen LogP contribution in [0.1, 0.15) is 35.1 Å². The molecule has 0 aromatic rings. The summed E-state index contributed by atoms with van der Waals surface area (Å²) in [5.41, 5.74) is 0. The monoisotopic (exact) mass is 278 g/mol. The van der Waals surface area contributed by atoms with Crippen LogP contribution in [0.15, 0.2) is 0 Å². The van der Waals surface area contributed by atoms with Crippen LogP contribution in [-0.4, -0.2) is 39.0 Å². The SMILES string of the molecule is C.CC(C)S(=O)(=O)O.COS(=O)(=O)C(C)C. The van der Waals surface area contributed by atoms with Crippen LogP contribution in [-0.2, 0) is 24.4 Å². The number of hydrogen-bond acceptors (Lipinski definition) is 5. The molecular weight excluding hydrogens is 256 g/mol. The average Bonchev–Trinajstić information content (AvgIpc) is 2.03. The van der Waals surface area contributed by atoms with Gasteiger partial charge in [0.1, 0.15) is 0 Å². The minimum Gasteiger partial charge on any atom is -0.285 e. The van der Waals surface area contributed by atoms with Gasteiger partial charge in [0.15, 0.2) is 0 Å². The van der Waals surface area contributed by atoms with Crippen molar-refractivity contribution < 1.29 is 25.6 Å². The van der Waals surface area contributed by atoms with Crippen LogP contribution < -0.4 is 0 Å². The van der Waals surface area contributed by atoms with Gasteiger partial charge in [-0.3, -0.25) is 8.74 Å². The second-order valence-corrected chi connectivity index (χ2v) is 7.51. The molecule has 0 amide bonds. The Bertz CT molecular complexity index is 352. The van der Waals surface area contributed by atoms with E-state index in [1.165, 1.54) is 13.8 Å². The Morgan fingerprint density at radius 2 is 1.19 bits per heavy atom. The molecule has 0 saturated heterocycles. The summed E-state index contributed by atoms with van der Waals surface area (Å²) in [6.07, 6.45) is 0. The highest BCUT2D eigenvalue weighted by molar-refractivity contribution is 7.87. The van der Waals surface area contributed by atoms with Gasteiger partial charge in [-0.2, -0.15) is 16.8 Å². The fourth-order valence-corrected chi connectivity index (χ4v) is 0.577. The Hall–Kier alpha value is -0.180. The molecule has 0 atom stereocenters. The molecule has 0 aromatic heterocycles. The highest BCUT2D eigenvalue weighted by Crippen LogP contribution is 1.98. The second kappa shape index (κ2) is 7.99. The van der Waals surface area contributed by atoms with Crippen LogP contribution in [0.3, 0.4) is 0 Å². The lowest BCUT2D eigenvalue weighted by Crippen LogP contribution is -2.14. The third kappa shape index (κ3) is 10.3. The summed E-state index contributed by atoms with van der Waals surface area (Å²) in [7, 11) is -5.81. The first-order valence-corrected chi connectivity index (χ1v) is 7.18. The highest BCUT2D eigenvalue weighted by atomic mass is 32.2. The van der Waals surface area contributed by atoms with Gasteiger partial charge in [-0.1, -0.05) is 7.43 Å². The first kappa shape index (κ1) is 21.1. The van der Waals surface area contributed by atoms with Crippen molar-refractivity contribution in [2.75, 3.05) is 7.11 Å². The van der Waals surface area contributed by atoms with E-state index in [0.717, 1.165) is 7.11 Å². The van der Waals surface area contributed by atoms with Crippen molar-refractivity contribution in [3.63, 3.8) is 0 Å². The molecule has 0 aliphatic heterocycles. The molecule has 0 aliphatic rings. The Kier molecular flexibility index (Phi) is 10.6. The minimum atomic E-state index is -3.74. The quantitative estimate of drug-likeness (QED) is 0.617. The third-order valence-electron chi connectivity index (χ3n) is 1.41. The van der Waals surface area contributed by atoms with Crippen LogP contribution in [0.5, 0.6) is 0 Å². The molecule has 0 unspecified atom stereocenters. The number of hydrogen-bond donors (Lipinski definition) is 1. The lowest BCUT2D eigenvalue weighted by atomic mass is 10.6. The molecule has 102 valence electrons. The molecule has 1 N–H and O–H groups in total. The van der Waals surface area contributed by atoms with Crippen molar-refractivity contribution in [2.24, 2.45) is 0 Å². The van der Waals surface area contributed by atoms with Crippen molar-refractivity contribution in [1.82, 2.24) is 0 Å². The zero-order valence-electron chi connectivity index (χ0n) is 9.46. The fourth-order valence-electron chi connectivity index (χ4n) is 0.192. The number of rotatable bonds is 3. The van der Waals surface area contributed by atoms with Gasteiger partial charge in [0.2, 0.25) is 0 Å². The van der Waals surface area contributed by atoms with E-state index in [4.69, 9.17) is 4.55 Å². The fraction of sp³-hybridized carbons (Fsp3) is 1.00. The summed E-state index contributed by atoms with van der Waals surface area (Å²) in [6.45, 7) is 5.96. The Balaban J connectivity index is -0.000000200. The van der Waals surface area contributed by atoms with E-state index < -0.39 is 30.7 Å². The second-order valence-electron chi connectivity index (χ2n) is 3.27. The van der Waals surface area contributed by atoms with Crippen LogP contribution >= 0.6 is 0 Å². The zero-order valence-corrected chi connectivity index (χ0v) is 11.1. The predicted octanol–water partition coefficient (Wildman–Crippen LogP) is 1.29. The normalized spacial score (nSPS) is 11.8. The standard InChI is InChI=1S/C4H10O3S.C3H8O3S.CH4/c1-4(2)8(5,6)7-3;1-3(2)7(4,5)6;/h4H,1-3H3;3H,1-2H3,(H,4,5,6);1H4. The van der Waals surface area contributed by atoms with Crippen molar-refractivity contribution in [3.05, 3.63) is 0 Å². The topological polar surface area (TPSA) is 97.7 Å². The van der Waals surface area contributed by atoms with E-state index in [9.17, 15) is 16.8 Å². The maximum atomic E-state index is 10.5. The van der Waals surface area contributed by atoms with Gasteiger partial charge in [0.25, 0.3) is 20.2 Å². The molecule has 0 saturated carbocycles. The van der Waals surface area contributed by atoms with E-state index in [1.807, 2.05) is 0 Å². The smallest absolute Gasteiger partial charge is 0.269 e. The van der Waals surface area contributed by atoms with E-state index in [0.29, 0.717) is 0 Å². The first-order chi connectivity index (χ1) is 6.45. The predicted molar refractivity (Wildman–Crippen MR) is 64.5 cm³/mol. The van der Waals surface area contributed by atoms with Crippen LogP contribution in [0.2, 0.25) is 0 Å². The van der Waals surface area contributed by atoms with Crippen molar-refractivity contribution in [2.45, 2.75) is 45.6 Å². The van der Waals surface area contributed by atoms with Crippen LogP contribution in [0.25, 0.3) is 0 Å². The molecule has 0 aliphatic carbocycles. The minimum absolute atomic E-state index is 0. The molecule has 0 bridgehead atoms. The van der Waals surface area contributed by atoms with Gasteiger partial charge in [0.05, 0.1) is 17.6 Å².